The quantitative estimate of drug-likeness (QED) is 0.865. The fourth-order valence-corrected chi connectivity index (χ4v) is 2.92. The van der Waals surface area contributed by atoms with Crippen molar-refractivity contribution >= 4 is 44.8 Å². The minimum Gasteiger partial charge on any atom is -0.347 e. The highest BCUT2D eigenvalue weighted by Crippen LogP contribution is 2.29. The second-order valence-corrected chi connectivity index (χ2v) is 6.70. The van der Waals surface area contributed by atoms with Crippen molar-refractivity contribution in [1.82, 2.24) is 10.3 Å². The number of benzene rings is 1. The van der Waals surface area contributed by atoms with E-state index in [1.54, 1.807) is 6.07 Å². The fourth-order valence-electron chi connectivity index (χ4n) is 1.61. The highest BCUT2D eigenvalue weighted by molar-refractivity contribution is 9.11. The number of hydrogen-bond donors (Lipinski definition) is 1. The van der Waals surface area contributed by atoms with Gasteiger partial charge in [0.15, 0.2) is 0 Å². The number of nitrogens with zero attached hydrogens (tertiary/aromatic N) is 1. The minimum atomic E-state index is -0.145. The first kappa shape index (κ1) is 15.2. The lowest BCUT2D eigenvalue weighted by Gasteiger charge is -2.01. The van der Waals surface area contributed by atoms with E-state index >= 15 is 0 Å². The molecular weight excluding hydrogens is 360 g/mol. The van der Waals surface area contributed by atoms with Crippen LogP contribution < -0.4 is 5.32 Å². The number of aryl methyl sites for hydroxylation is 1. The van der Waals surface area contributed by atoms with Gasteiger partial charge in [0.25, 0.3) is 5.91 Å². The first-order valence-electron chi connectivity index (χ1n) is 5.82. The van der Waals surface area contributed by atoms with Crippen LogP contribution in [0, 0.1) is 6.92 Å². The number of amides is 1. The van der Waals surface area contributed by atoms with Crippen LogP contribution in [0.15, 0.2) is 35.3 Å². The molecule has 0 atom stereocenters. The molecule has 2 aromatic rings. The average Bonchev–Trinajstić information content (AvgIpc) is 2.78. The van der Waals surface area contributed by atoms with Gasteiger partial charge in [0, 0.05) is 21.6 Å². The van der Waals surface area contributed by atoms with Crippen molar-refractivity contribution in [3.8, 4) is 10.6 Å². The van der Waals surface area contributed by atoms with Crippen LogP contribution in [-0.4, -0.2) is 17.4 Å². The van der Waals surface area contributed by atoms with Crippen molar-refractivity contribution in [2.24, 2.45) is 0 Å². The Kier molecular flexibility index (Phi) is 4.96. The number of halogens is 2. The third kappa shape index (κ3) is 3.69. The Morgan fingerprint density at radius 3 is 2.95 bits per heavy atom. The number of hydrogen-bond acceptors (Lipinski definition) is 3. The van der Waals surface area contributed by atoms with E-state index in [1.807, 2.05) is 25.1 Å². The largest absolute Gasteiger partial charge is 0.347 e. The summed E-state index contributed by atoms with van der Waals surface area (Å²) in [7, 11) is 0. The van der Waals surface area contributed by atoms with Gasteiger partial charge in [-0.25, -0.2) is 4.98 Å². The Bertz CT molecular complexity index is 669. The summed E-state index contributed by atoms with van der Waals surface area (Å²) in [5.74, 6) is -0.145. The summed E-state index contributed by atoms with van der Waals surface area (Å²) >= 11 is 10.5. The lowest BCUT2D eigenvalue weighted by molar-refractivity contribution is 0.0961. The van der Waals surface area contributed by atoms with E-state index in [4.69, 9.17) is 11.6 Å². The average molecular weight is 372 g/mol. The van der Waals surface area contributed by atoms with Gasteiger partial charge in [-0.3, -0.25) is 4.79 Å². The maximum Gasteiger partial charge on any atom is 0.263 e. The zero-order valence-electron chi connectivity index (χ0n) is 10.7. The molecular formula is C14H12BrClN2OS. The normalized spacial score (nSPS) is 10.3. The number of thiazole rings is 1. The van der Waals surface area contributed by atoms with Gasteiger partial charge in [-0.1, -0.05) is 46.2 Å². The Hall–Kier alpha value is -1.17. The zero-order chi connectivity index (χ0) is 14.7. The molecule has 0 saturated carbocycles. The zero-order valence-corrected chi connectivity index (χ0v) is 13.9. The first-order chi connectivity index (χ1) is 9.47. The van der Waals surface area contributed by atoms with Crippen LogP contribution in [0.1, 0.15) is 15.4 Å². The van der Waals surface area contributed by atoms with E-state index in [2.05, 4.69) is 32.8 Å². The van der Waals surface area contributed by atoms with E-state index in [0.717, 1.165) is 15.1 Å². The molecule has 0 aliphatic carbocycles. The number of carbonyl (C=O) groups is 1. The van der Waals surface area contributed by atoms with E-state index < -0.39 is 0 Å². The van der Waals surface area contributed by atoms with Crippen molar-refractivity contribution in [2.75, 3.05) is 6.54 Å². The van der Waals surface area contributed by atoms with Gasteiger partial charge < -0.3 is 5.32 Å². The van der Waals surface area contributed by atoms with Crippen molar-refractivity contribution in [2.45, 2.75) is 6.92 Å². The predicted octanol–water partition coefficient (Wildman–Crippen LogP) is 4.41. The van der Waals surface area contributed by atoms with Crippen LogP contribution >= 0.6 is 38.9 Å². The first-order valence-corrected chi connectivity index (χ1v) is 7.81. The molecule has 20 heavy (non-hydrogen) atoms. The number of aromatic nitrogens is 1. The van der Waals surface area contributed by atoms with E-state index in [1.165, 1.54) is 11.3 Å². The summed E-state index contributed by atoms with van der Waals surface area (Å²) in [6.45, 7) is 5.89. The number of rotatable bonds is 4. The third-order valence-electron chi connectivity index (χ3n) is 2.52. The Morgan fingerprint density at radius 1 is 1.55 bits per heavy atom. The van der Waals surface area contributed by atoms with Gasteiger partial charge in [0.2, 0.25) is 0 Å². The van der Waals surface area contributed by atoms with E-state index in [0.29, 0.717) is 22.1 Å². The van der Waals surface area contributed by atoms with Gasteiger partial charge in [0.05, 0.1) is 5.69 Å². The summed E-state index contributed by atoms with van der Waals surface area (Å²) < 4.78 is 0.725. The highest BCUT2D eigenvalue weighted by atomic mass is 79.9. The van der Waals surface area contributed by atoms with Crippen LogP contribution in [0.2, 0.25) is 5.02 Å². The molecule has 0 bridgehead atoms. The monoisotopic (exact) mass is 370 g/mol. The summed E-state index contributed by atoms with van der Waals surface area (Å²) in [5, 5.41) is 4.21. The van der Waals surface area contributed by atoms with Crippen LogP contribution in [0.25, 0.3) is 10.6 Å². The van der Waals surface area contributed by atoms with Crippen molar-refractivity contribution in [1.29, 1.82) is 0 Å². The summed E-state index contributed by atoms with van der Waals surface area (Å²) in [6, 6.07) is 7.43. The SMILES string of the molecule is C=C(Br)CNC(=O)c1sc(-c2cccc(Cl)c2)nc1C. The molecule has 0 aliphatic rings. The molecule has 3 nitrogen and oxygen atoms in total. The van der Waals surface area contributed by atoms with Crippen molar-refractivity contribution < 1.29 is 4.79 Å². The molecule has 6 heteroatoms. The van der Waals surface area contributed by atoms with Crippen LogP contribution in [0.3, 0.4) is 0 Å². The molecule has 0 fully saturated rings. The summed E-state index contributed by atoms with van der Waals surface area (Å²) in [5.41, 5.74) is 1.62. The van der Waals surface area contributed by atoms with E-state index in [-0.39, 0.29) is 5.91 Å². The van der Waals surface area contributed by atoms with E-state index in [9.17, 15) is 4.79 Å². The highest BCUT2D eigenvalue weighted by Gasteiger charge is 2.16. The van der Waals surface area contributed by atoms with Crippen LogP contribution in [0.4, 0.5) is 0 Å². The molecule has 2 rings (SSSR count). The van der Waals surface area contributed by atoms with Gasteiger partial charge in [-0.05, 0) is 19.1 Å². The Labute approximate surface area is 134 Å². The smallest absolute Gasteiger partial charge is 0.263 e. The maximum absolute atomic E-state index is 12.1. The molecule has 104 valence electrons. The van der Waals surface area contributed by atoms with Crippen molar-refractivity contribution in [3.63, 3.8) is 0 Å². The predicted molar refractivity (Wildman–Crippen MR) is 87.7 cm³/mol. The molecule has 0 unspecified atom stereocenters. The molecule has 0 spiro atoms. The molecule has 0 radical (unpaired) electrons. The molecule has 1 amide bonds. The Balaban J connectivity index is 2.25. The molecule has 1 aromatic carbocycles. The number of carbonyl (C=O) groups excluding carboxylic acids is 1. The molecule has 1 N–H and O–H groups in total. The minimum absolute atomic E-state index is 0.145. The van der Waals surface area contributed by atoms with Gasteiger partial charge in [0.1, 0.15) is 9.88 Å². The second-order valence-electron chi connectivity index (χ2n) is 4.14. The lowest BCUT2D eigenvalue weighted by atomic mass is 10.2. The van der Waals surface area contributed by atoms with Crippen molar-refractivity contribution in [3.05, 3.63) is 50.9 Å². The molecule has 1 heterocycles. The van der Waals surface area contributed by atoms with Crippen LogP contribution in [0.5, 0.6) is 0 Å². The second kappa shape index (κ2) is 6.52. The fraction of sp³-hybridized carbons (Fsp3) is 0.143. The third-order valence-corrected chi connectivity index (χ3v) is 4.24. The summed E-state index contributed by atoms with van der Waals surface area (Å²) in [4.78, 5) is 17.1. The molecule has 0 saturated heterocycles. The maximum atomic E-state index is 12.1. The molecule has 0 aliphatic heterocycles. The standard InChI is InChI=1S/C14H12BrClN2OS/c1-8(15)7-17-13(19)12-9(2)18-14(20-12)10-4-3-5-11(16)6-10/h3-6H,1,7H2,2H3,(H,17,19). The topological polar surface area (TPSA) is 42.0 Å². The molecule has 1 aromatic heterocycles. The van der Waals surface area contributed by atoms with Crippen LogP contribution in [-0.2, 0) is 0 Å². The van der Waals surface area contributed by atoms with Gasteiger partial charge in [-0.2, -0.15) is 0 Å². The summed E-state index contributed by atoms with van der Waals surface area (Å²) in [6.07, 6.45) is 0. The van der Waals surface area contributed by atoms with Gasteiger partial charge in [-0.15, -0.1) is 11.3 Å². The number of nitrogens with one attached hydrogen (secondary N) is 1. The van der Waals surface area contributed by atoms with Gasteiger partial charge >= 0.3 is 0 Å². The Morgan fingerprint density at radius 2 is 2.30 bits per heavy atom. The lowest BCUT2D eigenvalue weighted by Crippen LogP contribution is -2.24.